The second-order valence-electron chi connectivity index (χ2n) is 19.3. The van der Waals surface area contributed by atoms with Gasteiger partial charge in [-0.2, -0.15) is 24.6 Å². The molecule has 0 saturated carbocycles. The third-order valence-corrected chi connectivity index (χ3v) is 13.8. The van der Waals surface area contributed by atoms with Crippen LogP contribution in [0.15, 0.2) is 146 Å². The number of amides is 1. The van der Waals surface area contributed by atoms with Gasteiger partial charge in [0.2, 0.25) is 5.24 Å². The molecule has 1 amide bonds. The van der Waals surface area contributed by atoms with Gasteiger partial charge in [-0.15, -0.1) is 35.3 Å². The molecule has 446 valence electrons. The standard InChI is InChI=1S/C21H19NO3.C12H11NO2.C11H12O3.C9H9ClO.C7H7.C4H8O.C2H2Cl2O.BrH.Na.H2O.Zn/c23-20-17(12-13-6-2-1-3-7-13)22-19-15-9-5-4-8-14(15)10-11-16(19)18(20)21(24)25;14-11-9-6-5-7-3-1-2-4-8(7)10(9)13-12(11)15;1-9(12)14-8-11(13)7-10-5-3-2-4-6-10;10-7-9(11)6-8-4-2-1-3-5-8;1-7-5-3-2-4-6-7;1-2-4-5-3-1;3-1-2(4)5;;;;/h1-3,6-7,10-11,23H,4-5,8-9,12H2,(H,24,25);5-6H,1-4H2,(H,13,14,15);2-6H,7-8H2,1H3;1-5H,6-7H2;2-6H,1H2;1-4H2;1H2;1H;;1H2;/q;;;;-1;;;;+1;;+2/p-2. The molecule has 4 aliphatic rings. The third-order valence-electron chi connectivity index (χ3n) is 13.0. The molecule has 11 rings (SSSR count). The van der Waals surface area contributed by atoms with E-state index in [0.29, 0.717) is 35.9 Å². The van der Waals surface area contributed by atoms with Crippen molar-refractivity contribution in [2.24, 2.45) is 0 Å². The molecule has 0 radical (unpaired) electrons. The summed E-state index contributed by atoms with van der Waals surface area (Å²) in [4.78, 5) is 81.2. The third kappa shape index (κ3) is 26.8. The first-order valence-corrected chi connectivity index (χ1v) is 35.7. The van der Waals surface area contributed by atoms with Gasteiger partial charge in [-0.1, -0.05) is 115 Å². The van der Waals surface area contributed by atoms with Gasteiger partial charge < -0.3 is 30.5 Å². The van der Waals surface area contributed by atoms with Crippen molar-refractivity contribution >= 4 is 105 Å². The number of ether oxygens (including phenoxy) is 2. The second-order valence-corrected chi connectivity index (χ2v) is 20.2. The van der Waals surface area contributed by atoms with E-state index < -0.39 is 28.9 Å². The monoisotopic (exact) mass is 1350 g/mol. The van der Waals surface area contributed by atoms with Gasteiger partial charge in [0, 0.05) is 44.8 Å². The molecule has 1 saturated heterocycles. The van der Waals surface area contributed by atoms with Crippen LogP contribution in [0, 0.1) is 6.92 Å². The number of Topliss-reactive ketones (excluding diaryl/α,β-unsaturated/α-hetero) is 3. The number of fused-ring (bicyclic) bond motifs is 6. The van der Waals surface area contributed by atoms with Crippen molar-refractivity contribution in [2.75, 3.05) is 36.9 Å². The van der Waals surface area contributed by atoms with Gasteiger partial charge in [-0.3, -0.25) is 28.8 Å². The van der Waals surface area contributed by atoms with Crippen LogP contribution in [0.4, 0.5) is 5.69 Å². The van der Waals surface area contributed by atoms with Crippen LogP contribution >= 0.6 is 48.4 Å². The fourth-order valence-electron chi connectivity index (χ4n) is 9.10. The summed E-state index contributed by atoms with van der Waals surface area (Å²) in [5.41, 5.74) is 11.3. The average Bonchev–Trinajstić information content (AvgIpc) is 1.28. The molecule has 1 aromatic heterocycles. The number of carboxylic acids is 1. The van der Waals surface area contributed by atoms with E-state index in [1.165, 1.54) is 59.2 Å². The number of carbonyl (C=O) groups excluding carboxylic acids is 6. The van der Waals surface area contributed by atoms with Gasteiger partial charge in [0.25, 0.3) is 11.7 Å². The number of hydrogen-bond acceptors (Lipinski definition) is 12. The number of nitrogens with one attached hydrogen (secondary N) is 1. The molecule has 7 aromatic rings. The predicted octanol–water partition coefficient (Wildman–Crippen LogP) is 10.5. The summed E-state index contributed by atoms with van der Waals surface area (Å²) in [5.74, 6) is -2.65. The first-order valence-electron chi connectivity index (χ1n) is 27.3. The molecule has 4 N–H and O–H groups in total. The van der Waals surface area contributed by atoms with Gasteiger partial charge >= 0.3 is 71.5 Å². The summed E-state index contributed by atoms with van der Waals surface area (Å²) < 4.78 is 9.53. The van der Waals surface area contributed by atoms with E-state index in [0.717, 1.165) is 97.2 Å². The zero-order chi connectivity index (χ0) is 61.2. The topological polar surface area (TPSA) is 233 Å². The summed E-state index contributed by atoms with van der Waals surface area (Å²) in [7, 11) is 0. The number of aromatic carboxylic acids is 1. The van der Waals surface area contributed by atoms with Crippen LogP contribution in [-0.4, -0.2) is 92.7 Å². The first kappa shape index (κ1) is 76.5. The van der Waals surface area contributed by atoms with E-state index >= 15 is 0 Å². The van der Waals surface area contributed by atoms with Crippen molar-refractivity contribution in [3.05, 3.63) is 214 Å². The van der Waals surface area contributed by atoms with Crippen LogP contribution in [0.5, 0.6) is 5.75 Å². The second kappa shape index (κ2) is 43.1. The summed E-state index contributed by atoms with van der Waals surface area (Å²) in [6.07, 6.45) is 12.3. The number of anilines is 1. The Bertz CT molecular complexity index is 3250. The SMILES string of the molecule is C1CCOC1.CC(=O)OCC(=O)Cc1ccccc1.O=C(CCl)Cc1ccccc1.O=C(Cl)CCl.O=C(O)c1c(O)c(Cc2ccccc2)nc2c3c(ccc12)CCCC3.O=C1Nc2c(ccc3c2CCCC3)C1=O.[CH2-]c1ccccc1.[Na+].[OH-].[Zn+][Br]. The normalized spacial score (nSPS) is 12.5. The molecule has 3 heterocycles. The number of rotatable bonds is 11. The number of aryl methyl sites for hydroxylation is 3. The zero-order valence-electron chi connectivity index (χ0n) is 48.5. The number of nitrogens with zero attached hydrogens (tertiary/aromatic N) is 1. The molecule has 0 spiro atoms. The molecule has 6 aromatic carbocycles. The quantitative estimate of drug-likeness (QED) is 0.0273. The number of pyridine rings is 1. The summed E-state index contributed by atoms with van der Waals surface area (Å²) >= 11 is 19.1. The van der Waals surface area contributed by atoms with Crippen LogP contribution in [0.2, 0.25) is 0 Å². The number of ketones is 3. The Kier molecular flexibility index (Phi) is 38.3. The maximum atomic E-state index is 11.8. The molecule has 2 aliphatic carbocycles. The van der Waals surface area contributed by atoms with E-state index in [4.69, 9.17) is 44.5 Å². The van der Waals surface area contributed by atoms with Gasteiger partial charge in [-0.25, -0.2) is 9.78 Å². The Labute approximate surface area is 557 Å². The van der Waals surface area contributed by atoms with Gasteiger partial charge in [0.15, 0.2) is 17.3 Å². The number of carbonyl (C=O) groups is 7. The van der Waals surface area contributed by atoms with Crippen molar-refractivity contribution in [1.82, 2.24) is 4.98 Å². The molecule has 86 heavy (non-hydrogen) atoms. The Morgan fingerprint density at radius 3 is 1.58 bits per heavy atom. The van der Waals surface area contributed by atoms with Crippen molar-refractivity contribution < 1.29 is 105 Å². The number of aromatic hydroxyl groups is 1. The van der Waals surface area contributed by atoms with Crippen LogP contribution in [0.1, 0.15) is 116 Å². The van der Waals surface area contributed by atoms with Gasteiger partial charge in [0.05, 0.1) is 34.2 Å². The van der Waals surface area contributed by atoms with Crippen LogP contribution < -0.4 is 34.9 Å². The van der Waals surface area contributed by atoms with E-state index in [-0.39, 0.29) is 76.3 Å². The number of alkyl halides is 2. The van der Waals surface area contributed by atoms with Crippen LogP contribution in [0.3, 0.4) is 0 Å². The minimum atomic E-state index is -1.12. The Morgan fingerprint density at radius 2 is 1.13 bits per heavy atom. The molecule has 0 unspecified atom stereocenters. The van der Waals surface area contributed by atoms with Crippen LogP contribution in [-0.2, 0) is 94.7 Å². The Hall–Kier alpha value is -5.62. The van der Waals surface area contributed by atoms with Crippen molar-refractivity contribution in [1.29, 1.82) is 0 Å². The van der Waals surface area contributed by atoms with E-state index in [1.54, 1.807) is 12.1 Å². The first-order chi connectivity index (χ1) is 40.6. The molecule has 0 atom stereocenters. The van der Waals surface area contributed by atoms with Gasteiger partial charge in [0.1, 0.15) is 12.2 Å². The van der Waals surface area contributed by atoms with E-state index in [1.807, 2.05) is 133 Å². The van der Waals surface area contributed by atoms with Crippen molar-refractivity contribution in [3.63, 3.8) is 0 Å². The molecule has 2 aliphatic heterocycles. The maximum absolute atomic E-state index is 11.8. The number of carboxylic acid groups (broad SMARTS) is 1. The van der Waals surface area contributed by atoms with Crippen molar-refractivity contribution in [2.45, 2.75) is 90.4 Å². The minimum absolute atomic E-state index is 0. The van der Waals surface area contributed by atoms with E-state index in [2.05, 4.69) is 30.6 Å². The van der Waals surface area contributed by atoms with Crippen molar-refractivity contribution in [3.8, 4) is 5.75 Å². The number of halogens is 4. The summed E-state index contributed by atoms with van der Waals surface area (Å²) in [6.45, 7) is 6.87. The molecular weight excluding hydrogens is 1290 g/mol. The number of aromatic nitrogens is 1. The summed E-state index contributed by atoms with van der Waals surface area (Å²) in [6, 6.07) is 46.1. The summed E-state index contributed by atoms with van der Waals surface area (Å²) in [5, 5.41) is 23.0. The average molecular weight is 1360 g/mol. The van der Waals surface area contributed by atoms with E-state index in [9.17, 15) is 43.8 Å². The Balaban J connectivity index is 0.000000363. The fourth-order valence-corrected chi connectivity index (χ4v) is 9.19. The molecule has 20 heteroatoms. The molecule has 0 bridgehead atoms. The predicted molar refractivity (Wildman–Crippen MR) is 333 cm³/mol. The number of hydrogen-bond donors (Lipinski definition) is 3. The number of esters is 1. The molecule has 14 nitrogen and oxygen atoms in total. The number of benzene rings is 6. The van der Waals surface area contributed by atoms with Crippen LogP contribution in [0.25, 0.3) is 10.9 Å². The van der Waals surface area contributed by atoms with Gasteiger partial charge in [-0.05, 0) is 121 Å². The molecule has 1 fully saturated rings. The molecular formula is C66H69BrCl3N2NaO12Zn. The Morgan fingerprint density at radius 1 is 0.663 bits per heavy atom. The fraction of sp³-hybridized carbons (Fsp3) is 0.288. The zero-order valence-corrected chi connectivity index (χ0v) is 57.3.